The third-order valence-corrected chi connectivity index (χ3v) is 1.98. The van der Waals surface area contributed by atoms with Crippen molar-refractivity contribution in [3.63, 3.8) is 0 Å². The fourth-order valence-electron chi connectivity index (χ4n) is 0.837. The zero-order valence-corrected chi connectivity index (χ0v) is 8.11. The average Bonchev–Trinajstić information content (AvgIpc) is 2.34. The Balaban J connectivity index is 3.02. The first-order valence-corrected chi connectivity index (χ1v) is 4.25. The van der Waals surface area contributed by atoms with Gasteiger partial charge in [-0.3, -0.25) is 0 Å². The van der Waals surface area contributed by atoms with Crippen molar-refractivity contribution >= 4 is 21.9 Å². The molecule has 12 heavy (non-hydrogen) atoms. The van der Waals surface area contributed by atoms with Crippen LogP contribution >= 0.6 is 15.9 Å². The maximum absolute atomic E-state index is 8.71. The summed E-state index contributed by atoms with van der Waals surface area (Å²) >= 11 is 3.16. The molecule has 1 aromatic rings. The van der Waals surface area contributed by atoms with Crippen molar-refractivity contribution in [2.75, 3.05) is 5.73 Å². The average molecular weight is 230 g/mol. The number of anilines is 1. The summed E-state index contributed by atoms with van der Waals surface area (Å²) in [6.07, 6.45) is 0.678. The lowest BCUT2D eigenvalue weighted by Gasteiger charge is -2.05. The van der Waals surface area contributed by atoms with Crippen molar-refractivity contribution in [2.45, 2.75) is 19.4 Å². The summed E-state index contributed by atoms with van der Waals surface area (Å²) in [7, 11) is 0. The van der Waals surface area contributed by atoms with Crippen LogP contribution in [0.15, 0.2) is 4.73 Å². The van der Waals surface area contributed by atoms with Gasteiger partial charge < -0.3 is 5.73 Å². The minimum atomic E-state index is -0.302. The first-order chi connectivity index (χ1) is 5.69. The zero-order chi connectivity index (χ0) is 9.14. The van der Waals surface area contributed by atoms with Gasteiger partial charge in [-0.2, -0.15) is 10.2 Å². The van der Waals surface area contributed by atoms with E-state index < -0.39 is 0 Å². The number of rotatable bonds is 2. The summed E-state index contributed by atoms with van der Waals surface area (Å²) in [4.78, 5) is 3.82. The molecule has 64 valence electrons. The van der Waals surface area contributed by atoms with E-state index in [0.29, 0.717) is 11.2 Å². The van der Waals surface area contributed by atoms with Crippen LogP contribution in [0.1, 0.15) is 19.4 Å². The van der Waals surface area contributed by atoms with E-state index in [4.69, 9.17) is 11.0 Å². The van der Waals surface area contributed by atoms with Crippen LogP contribution in [0.3, 0.4) is 0 Å². The van der Waals surface area contributed by atoms with Crippen LogP contribution in [0.5, 0.6) is 0 Å². The maximum Gasteiger partial charge on any atom is 0.240 e. The second-order valence-electron chi connectivity index (χ2n) is 2.24. The van der Waals surface area contributed by atoms with Gasteiger partial charge in [-0.05, 0) is 22.4 Å². The molecule has 0 radical (unpaired) electrons. The molecule has 0 aliphatic rings. The summed E-state index contributed by atoms with van der Waals surface area (Å²) in [5.41, 5.74) is 5.34. The molecule has 1 rings (SSSR count). The molecule has 1 unspecified atom stereocenters. The molecule has 0 saturated carbocycles. The molecule has 0 aliphatic carbocycles. The number of nitrogens with two attached hydrogens (primary N) is 1. The quantitative estimate of drug-likeness (QED) is 0.824. The summed E-state index contributed by atoms with van der Waals surface area (Å²) in [5, 5.41) is 12.6. The van der Waals surface area contributed by atoms with E-state index >= 15 is 0 Å². The summed E-state index contributed by atoms with van der Waals surface area (Å²) in [5.74, 6) is 0.176. The number of hydrogen-bond acceptors (Lipinski definition) is 4. The van der Waals surface area contributed by atoms with Gasteiger partial charge in [-0.15, -0.1) is 5.10 Å². The van der Waals surface area contributed by atoms with Crippen LogP contribution < -0.4 is 5.73 Å². The summed E-state index contributed by atoms with van der Waals surface area (Å²) in [6, 6.07) is 1.80. The minimum absolute atomic E-state index is 0.176. The molecular formula is C6H8BrN5. The molecule has 2 N–H and O–H groups in total. The summed E-state index contributed by atoms with van der Waals surface area (Å²) in [6.45, 7) is 1.90. The lowest BCUT2D eigenvalue weighted by molar-refractivity contribution is 0.523. The molecule has 0 saturated heterocycles. The Morgan fingerprint density at radius 2 is 2.50 bits per heavy atom. The standard InChI is InChI=1S/C6H8BrN5/c1-2-4(3-8)12-5(7)10-6(9)11-12/h4H,2H2,1H3,(H2,9,11). The highest BCUT2D eigenvalue weighted by Crippen LogP contribution is 2.16. The minimum Gasteiger partial charge on any atom is -0.366 e. The highest BCUT2D eigenvalue weighted by atomic mass is 79.9. The summed E-state index contributed by atoms with van der Waals surface area (Å²) < 4.78 is 1.96. The van der Waals surface area contributed by atoms with Crippen LogP contribution in [-0.4, -0.2) is 14.8 Å². The molecule has 0 bridgehead atoms. The van der Waals surface area contributed by atoms with Gasteiger partial charge in [0.2, 0.25) is 5.95 Å². The Hall–Kier alpha value is -1.09. The topological polar surface area (TPSA) is 80.5 Å². The van der Waals surface area contributed by atoms with E-state index in [1.807, 2.05) is 6.92 Å². The van der Waals surface area contributed by atoms with Crippen molar-refractivity contribution in [1.29, 1.82) is 5.26 Å². The Kier molecular flexibility index (Phi) is 2.65. The van der Waals surface area contributed by atoms with E-state index in [1.165, 1.54) is 4.68 Å². The zero-order valence-electron chi connectivity index (χ0n) is 6.53. The highest BCUT2D eigenvalue weighted by molar-refractivity contribution is 9.10. The lowest BCUT2D eigenvalue weighted by atomic mass is 10.3. The number of hydrogen-bond donors (Lipinski definition) is 1. The van der Waals surface area contributed by atoms with Gasteiger partial charge >= 0.3 is 0 Å². The highest BCUT2D eigenvalue weighted by Gasteiger charge is 2.13. The third kappa shape index (κ3) is 1.56. The fourth-order valence-corrected chi connectivity index (χ4v) is 1.35. The Morgan fingerprint density at radius 1 is 1.83 bits per heavy atom. The second-order valence-corrected chi connectivity index (χ2v) is 2.95. The molecule has 0 amide bonds. The van der Waals surface area contributed by atoms with Gasteiger partial charge in [0, 0.05) is 0 Å². The largest absolute Gasteiger partial charge is 0.366 e. The van der Waals surface area contributed by atoms with Crippen LogP contribution in [0, 0.1) is 11.3 Å². The van der Waals surface area contributed by atoms with Gasteiger partial charge in [0.1, 0.15) is 6.04 Å². The van der Waals surface area contributed by atoms with Gasteiger partial charge in [-0.1, -0.05) is 6.92 Å². The molecule has 0 aromatic carbocycles. The predicted molar refractivity (Wildman–Crippen MR) is 47.1 cm³/mol. The van der Waals surface area contributed by atoms with Crippen molar-refractivity contribution in [3.8, 4) is 6.07 Å². The third-order valence-electron chi connectivity index (χ3n) is 1.44. The molecule has 5 nitrogen and oxygen atoms in total. The molecule has 1 aromatic heterocycles. The van der Waals surface area contributed by atoms with Gasteiger partial charge in [0.25, 0.3) is 0 Å². The van der Waals surface area contributed by atoms with E-state index in [9.17, 15) is 0 Å². The molecule has 0 aliphatic heterocycles. The van der Waals surface area contributed by atoms with Crippen molar-refractivity contribution in [2.24, 2.45) is 0 Å². The number of nitrogens with zero attached hydrogens (tertiary/aromatic N) is 4. The smallest absolute Gasteiger partial charge is 0.240 e. The Morgan fingerprint density at radius 3 is 2.83 bits per heavy atom. The SMILES string of the molecule is CCC(C#N)n1nc(N)nc1Br. The number of halogens is 1. The van der Waals surface area contributed by atoms with Crippen LogP contribution in [0.2, 0.25) is 0 Å². The lowest BCUT2D eigenvalue weighted by Crippen LogP contribution is -2.08. The maximum atomic E-state index is 8.71. The van der Waals surface area contributed by atoms with E-state index in [0.717, 1.165) is 0 Å². The fraction of sp³-hybridized carbons (Fsp3) is 0.500. The monoisotopic (exact) mass is 229 g/mol. The number of aromatic nitrogens is 3. The van der Waals surface area contributed by atoms with Crippen LogP contribution in [0.4, 0.5) is 5.95 Å². The normalized spacial score (nSPS) is 12.4. The first kappa shape index (κ1) is 9.00. The van der Waals surface area contributed by atoms with E-state index in [-0.39, 0.29) is 12.0 Å². The molecule has 1 heterocycles. The molecule has 0 spiro atoms. The first-order valence-electron chi connectivity index (χ1n) is 3.46. The molecule has 6 heteroatoms. The Bertz CT molecular complexity index is 312. The number of nitriles is 1. The van der Waals surface area contributed by atoms with Gasteiger partial charge in [-0.25, -0.2) is 4.68 Å². The van der Waals surface area contributed by atoms with Crippen LogP contribution in [-0.2, 0) is 0 Å². The van der Waals surface area contributed by atoms with E-state index in [2.05, 4.69) is 32.1 Å². The van der Waals surface area contributed by atoms with E-state index in [1.54, 1.807) is 0 Å². The van der Waals surface area contributed by atoms with Crippen molar-refractivity contribution < 1.29 is 0 Å². The van der Waals surface area contributed by atoms with Crippen molar-refractivity contribution in [1.82, 2.24) is 14.8 Å². The van der Waals surface area contributed by atoms with Gasteiger partial charge in [0.05, 0.1) is 6.07 Å². The predicted octanol–water partition coefficient (Wildman–Crippen LogP) is 1.10. The van der Waals surface area contributed by atoms with Gasteiger partial charge in [0.15, 0.2) is 4.73 Å². The van der Waals surface area contributed by atoms with Crippen molar-refractivity contribution in [3.05, 3.63) is 4.73 Å². The number of nitrogen functional groups attached to an aromatic ring is 1. The molecule has 0 fully saturated rings. The molecular weight excluding hydrogens is 222 g/mol. The second kappa shape index (κ2) is 3.54. The molecule has 1 atom stereocenters. The van der Waals surface area contributed by atoms with Crippen LogP contribution in [0.25, 0.3) is 0 Å². The Labute approximate surface area is 78.3 Å².